The molecule has 2 aliphatic rings. The molecule has 0 aliphatic heterocycles. The Morgan fingerprint density at radius 2 is 1.88 bits per heavy atom. The summed E-state index contributed by atoms with van der Waals surface area (Å²) >= 11 is 0. The number of phenols is 2. The number of rotatable bonds is 17. The maximum absolute atomic E-state index is 12.6. The highest BCUT2D eigenvalue weighted by Crippen LogP contribution is 2.44. The van der Waals surface area contributed by atoms with Gasteiger partial charge in [0.2, 0.25) is 0 Å². The zero-order valence-corrected chi connectivity index (χ0v) is 28.7. The first-order chi connectivity index (χ1) is 23.1. The average molecular weight is 667 g/mol. The molecular weight excluding hydrogens is 612 g/mol. The summed E-state index contributed by atoms with van der Waals surface area (Å²) in [5.41, 5.74) is 7.59. The summed E-state index contributed by atoms with van der Waals surface area (Å²) in [6.45, 7) is 0.579. The maximum atomic E-state index is 12.6. The van der Waals surface area contributed by atoms with Gasteiger partial charge in [-0.15, -0.1) is 0 Å². The number of hydrogen-bond acceptors (Lipinski definition) is 9. The van der Waals surface area contributed by atoms with Crippen LogP contribution in [0, 0.1) is 5.92 Å². The summed E-state index contributed by atoms with van der Waals surface area (Å²) in [4.78, 5) is 16.5. The SMILES string of the molecule is CN=C(N)Nc1cc(CC/C=C/C(=O)CCc2ccc(O)c(OC)c2)cc(O[C@]2(CNC)CC[C@H](C[C@H](O)OC3CCCCC3)C2)c1O. The minimum atomic E-state index is -0.788. The van der Waals surface area contributed by atoms with E-state index < -0.39 is 11.9 Å². The number of nitrogens with two attached hydrogens (primary N) is 1. The highest BCUT2D eigenvalue weighted by molar-refractivity contribution is 5.94. The largest absolute Gasteiger partial charge is 0.504 e. The molecule has 11 nitrogen and oxygen atoms in total. The molecule has 264 valence electrons. The van der Waals surface area contributed by atoms with Gasteiger partial charge in [0.15, 0.2) is 41.0 Å². The van der Waals surface area contributed by atoms with Gasteiger partial charge in [-0.3, -0.25) is 9.79 Å². The average Bonchev–Trinajstić information content (AvgIpc) is 3.46. The third-order valence-corrected chi connectivity index (χ3v) is 9.38. The summed E-state index contributed by atoms with van der Waals surface area (Å²) in [6.07, 6.45) is 13.4. The first-order valence-electron chi connectivity index (χ1n) is 17.2. The Hall–Kier alpha value is -3.80. The van der Waals surface area contributed by atoms with Crippen LogP contribution in [0.4, 0.5) is 5.69 Å². The number of ether oxygens (including phenoxy) is 3. The maximum Gasteiger partial charge on any atom is 0.192 e. The Balaban J connectivity index is 1.40. The van der Waals surface area contributed by atoms with E-state index >= 15 is 0 Å². The number of ketones is 1. The molecule has 11 heteroatoms. The second-order valence-electron chi connectivity index (χ2n) is 13.1. The van der Waals surface area contributed by atoms with E-state index in [1.54, 1.807) is 31.3 Å². The number of aliphatic hydroxyl groups excluding tert-OH is 1. The number of aliphatic imine (C=N–C) groups is 1. The van der Waals surface area contributed by atoms with Gasteiger partial charge in [-0.05, 0) is 106 Å². The lowest BCUT2D eigenvalue weighted by atomic mass is 9.96. The Morgan fingerprint density at radius 1 is 1.10 bits per heavy atom. The smallest absolute Gasteiger partial charge is 0.192 e. The minimum absolute atomic E-state index is 0.00473. The fourth-order valence-corrected chi connectivity index (χ4v) is 6.88. The number of aliphatic hydroxyl groups is 1. The number of aromatic hydroxyl groups is 2. The number of phenolic OH excluding ortho intramolecular Hbond substituents is 2. The zero-order chi connectivity index (χ0) is 34.5. The number of anilines is 1. The van der Waals surface area contributed by atoms with Gasteiger partial charge in [-0.25, -0.2) is 0 Å². The molecule has 2 aromatic carbocycles. The lowest BCUT2D eigenvalue weighted by molar-refractivity contribution is -0.152. The van der Waals surface area contributed by atoms with Crippen molar-refractivity contribution >= 4 is 17.4 Å². The van der Waals surface area contributed by atoms with Crippen molar-refractivity contribution in [2.45, 2.75) is 101 Å². The lowest BCUT2D eigenvalue weighted by Crippen LogP contribution is -2.43. The summed E-state index contributed by atoms with van der Waals surface area (Å²) in [6, 6.07) is 8.75. The van der Waals surface area contributed by atoms with Gasteiger partial charge in [0.25, 0.3) is 0 Å². The first-order valence-corrected chi connectivity index (χ1v) is 17.2. The van der Waals surface area contributed by atoms with Gasteiger partial charge in [0, 0.05) is 26.4 Å². The van der Waals surface area contributed by atoms with Crippen LogP contribution in [0.25, 0.3) is 0 Å². The number of hydrogen-bond donors (Lipinski definition) is 6. The van der Waals surface area contributed by atoms with Gasteiger partial charge in [-0.2, -0.15) is 0 Å². The van der Waals surface area contributed by atoms with Crippen molar-refractivity contribution in [1.29, 1.82) is 0 Å². The standard InChI is InChI=1S/C37H54N4O7/c1-39-24-37(18-17-27(23-37)22-34(44)47-29-11-5-4-6-12-29)48-33-21-26(19-30(35(33)45)41-36(38)40-2)9-7-8-10-28(42)15-13-25-14-16-31(43)32(20-25)46-3/h8,10,14,16,19-21,27,29,34,39,43-45H,4-7,9,11-13,15,17-18,22-24H2,1-3H3,(H3,38,40,41)/b10-8+/t27-,34-,37-/m1/s1. The van der Waals surface area contributed by atoms with Gasteiger partial charge in [-0.1, -0.05) is 31.4 Å². The van der Waals surface area contributed by atoms with E-state index in [0.717, 1.165) is 49.7 Å². The van der Waals surface area contributed by atoms with E-state index in [2.05, 4.69) is 15.6 Å². The monoisotopic (exact) mass is 666 g/mol. The summed E-state index contributed by atoms with van der Waals surface area (Å²) in [5.74, 6) is 1.13. The molecule has 0 bridgehead atoms. The van der Waals surface area contributed by atoms with Gasteiger partial charge < -0.3 is 45.9 Å². The van der Waals surface area contributed by atoms with Crippen molar-refractivity contribution in [2.24, 2.45) is 16.6 Å². The van der Waals surface area contributed by atoms with Crippen molar-refractivity contribution in [3.8, 4) is 23.0 Å². The van der Waals surface area contributed by atoms with E-state index in [1.165, 1.54) is 13.5 Å². The molecule has 2 fully saturated rings. The van der Waals surface area contributed by atoms with Crippen LogP contribution in [0.5, 0.6) is 23.0 Å². The molecule has 0 unspecified atom stereocenters. The quantitative estimate of drug-likeness (QED) is 0.0426. The molecule has 7 N–H and O–H groups in total. The third kappa shape index (κ3) is 10.9. The highest BCUT2D eigenvalue weighted by atomic mass is 16.6. The van der Waals surface area contributed by atoms with Crippen LogP contribution >= 0.6 is 0 Å². The molecule has 48 heavy (non-hydrogen) atoms. The van der Waals surface area contributed by atoms with Crippen LogP contribution in [-0.2, 0) is 22.4 Å². The number of methoxy groups -OCH3 is 1. The Morgan fingerprint density at radius 3 is 2.60 bits per heavy atom. The van der Waals surface area contributed by atoms with Crippen LogP contribution in [-0.4, -0.2) is 72.8 Å². The second-order valence-corrected chi connectivity index (χ2v) is 13.1. The van der Waals surface area contributed by atoms with Crippen molar-refractivity contribution < 1.29 is 34.3 Å². The summed E-state index contributed by atoms with van der Waals surface area (Å²) in [7, 11) is 4.94. The third-order valence-electron chi connectivity index (χ3n) is 9.38. The van der Waals surface area contributed by atoms with E-state index in [9.17, 15) is 20.1 Å². The topological polar surface area (TPSA) is 168 Å². The van der Waals surface area contributed by atoms with E-state index in [-0.39, 0.29) is 35.3 Å². The molecule has 2 aromatic rings. The number of benzene rings is 2. The number of allylic oxidation sites excluding steroid dienone is 2. The number of likely N-dealkylation sites (N-methyl/N-ethyl adjacent to an activating group) is 1. The second kappa shape index (κ2) is 18.1. The normalized spacial score (nSPS) is 21.0. The Labute approximate surface area is 284 Å². The Bertz CT molecular complexity index is 1410. The van der Waals surface area contributed by atoms with Gasteiger partial charge >= 0.3 is 0 Å². The fraction of sp³-hybridized carbons (Fsp3) is 0.568. The number of nitrogens with zero attached hydrogens (tertiary/aromatic N) is 1. The number of nitrogens with one attached hydrogen (secondary N) is 2. The minimum Gasteiger partial charge on any atom is -0.504 e. The van der Waals surface area contributed by atoms with Crippen LogP contribution in [0.3, 0.4) is 0 Å². The fourth-order valence-electron chi connectivity index (χ4n) is 6.88. The summed E-state index contributed by atoms with van der Waals surface area (Å²) < 4.78 is 17.8. The van der Waals surface area contributed by atoms with Gasteiger partial charge in [0.1, 0.15) is 5.60 Å². The van der Waals surface area contributed by atoms with Gasteiger partial charge in [0.05, 0.1) is 18.9 Å². The van der Waals surface area contributed by atoms with Crippen molar-refractivity contribution in [3.05, 3.63) is 53.6 Å². The molecule has 0 spiro atoms. The molecular formula is C37H54N4O7. The number of guanidine groups is 1. The number of carbonyl (C=O) groups excluding carboxylic acids is 1. The van der Waals surface area contributed by atoms with E-state index in [4.69, 9.17) is 19.9 Å². The molecule has 0 amide bonds. The van der Waals surface area contributed by atoms with Crippen molar-refractivity contribution in [1.82, 2.24) is 5.32 Å². The molecule has 0 saturated heterocycles. The van der Waals surface area contributed by atoms with E-state index in [1.807, 2.05) is 25.3 Å². The molecule has 0 heterocycles. The molecule has 2 saturated carbocycles. The van der Waals surface area contributed by atoms with Crippen LogP contribution in [0.1, 0.15) is 81.8 Å². The summed E-state index contributed by atoms with van der Waals surface area (Å²) in [5, 5.41) is 38.0. The highest BCUT2D eigenvalue weighted by Gasteiger charge is 2.42. The zero-order valence-electron chi connectivity index (χ0n) is 28.7. The molecule has 3 atom stereocenters. The van der Waals surface area contributed by atoms with Crippen molar-refractivity contribution in [3.63, 3.8) is 0 Å². The predicted molar refractivity (Wildman–Crippen MR) is 188 cm³/mol. The molecule has 0 aromatic heterocycles. The molecule has 2 aliphatic carbocycles. The van der Waals surface area contributed by atoms with Crippen LogP contribution in [0.15, 0.2) is 47.5 Å². The number of carbonyl (C=O) groups is 1. The lowest BCUT2D eigenvalue weighted by Gasteiger charge is -2.32. The Kier molecular flexibility index (Phi) is 14.0. The van der Waals surface area contributed by atoms with Crippen LogP contribution < -0.4 is 25.8 Å². The van der Waals surface area contributed by atoms with Crippen LogP contribution in [0.2, 0.25) is 0 Å². The number of aryl methyl sites for hydroxylation is 2. The molecule has 4 rings (SSSR count). The van der Waals surface area contributed by atoms with Crippen molar-refractivity contribution in [2.75, 3.05) is 33.1 Å². The first kappa shape index (κ1) is 37.0. The molecule has 0 radical (unpaired) electrons. The predicted octanol–water partition coefficient (Wildman–Crippen LogP) is 5.35. The van der Waals surface area contributed by atoms with E-state index in [0.29, 0.717) is 62.3 Å².